The molecular weight excluding hydrogens is 200 g/mol. The van der Waals surface area contributed by atoms with Crippen molar-refractivity contribution in [2.45, 2.75) is 4.90 Å². The molecule has 0 aliphatic rings. The van der Waals surface area contributed by atoms with Crippen LogP contribution in [0.1, 0.15) is 5.56 Å². The van der Waals surface area contributed by atoms with E-state index in [0.29, 0.717) is 11.3 Å². The van der Waals surface area contributed by atoms with E-state index in [9.17, 15) is 0 Å². The maximum absolute atomic E-state index is 8.78. The Labute approximate surface area is 85.0 Å². The maximum Gasteiger partial charge on any atom is 0.101 e. The second kappa shape index (κ2) is 2.95. The van der Waals surface area contributed by atoms with E-state index in [0.717, 1.165) is 15.0 Å². The molecule has 0 fully saturated rings. The third-order valence-corrected chi connectivity index (χ3v) is 3.18. The summed E-state index contributed by atoms with van der Waals surface area (Å²) in [6.07, 6.45) is 0. The fourth-order valence-corrected chi connectivity index (χ4v) is 2.35. The SMILES string of the molecule is N#Cc1csc2cc(S)c(N)cc12. The van der Waals surface area contributed by atoms with E-state index < -0.39 is 0 Å². The summed E-state index contributed by atoms with van der Waals surface area (Å²) in [6, 6.07) is 5.81. The largest absolute Gasteiger partial charge is 0.398 e. The highest BCUT2D eigenvalue weighted by atomic mass is 32.1. The zero-order chi connectivity index (χ0) is 9.42. The predicted molar refractivity (Wildman–Crippen MR) is 58.2 cm³/mol. The van der Waals surface area contributed by atoms with E-state index in [2.05, 4.69) is 18.7 Å². The van der Waals surface area contributed by atoms with Gasteiger partial charge in [-0.25, -0.2) is 0 Å². The van der Waals surface area contributed by atoms with Crippen LogP contribution in [0.3, 0.4) is 0 Å². The molecule has 0 spiro atoms. The van der Waals surface area contributed by atoms with E-state index in [-0.39, 0.29) is 0 Å². The first kappa shape index (κ1) is 8.42. The van der Waals surface area contributed by atoms with Gasteiger partial charge in [0.05, 0.1) is 5.56 Å². The summed E-state index contributed by atoms with van der Waals surface area (Å²) in [5.74, 6) is 0. The topological polar surface area (TPSA) is 49.8 Å². The lowest BCUT2D eigenvalue weighted by Gasteiger charge is -1.98. The second-order valence-corrected chi connectivity index (χ2v) is 4.06. The molecule has 0 aliphatic carbocycles. The van der Waals surface area contributed by atoms with Crippen LogP contribution in [0.4, 0.5) is 5.69 Å². The van der Waals surface area contributed by atoms with Crippen LogP contribution in [0.5, 0.6) is 0 Å². The lowest BCUT2D eigenvalue weighted by molar-refractivity contribution is 1.50. The van der Waals surface area contributed by atoms with Gasteiger partial charge in [0.2, 0.25) is 0 Å². The lowest BCUT2D eigenvalue weighted by Crippen LogP contribution is -1.85. The van der Waals surface area contributed by atoms with Gasteiger partial charge in [-0.05, 0) is 12.1 Å². The van der Waals surface area contributed by atoms with Crippen LogP contribution < -0.4 is 5.73 Å². The number of nitrogens with two attached hydrogens (primary N) is 1. The molecule has 0 atom stereocenters. The average molecular weight is 206 g/mol. The molecule has 0 bridgehead atoms. The van der Waals surface area contributed by atoms with Gasteiger partial charge in [0.1, 0.15) is 6.07 Å². The van der Waals surface area contributed by atoms with Crippen molar-refractivity contribution < 1.29 is 0 Å². The fraction of sp³-hybridized carbons (Fsp3) is 0. The Hall–Kier alpha value is -1.18. The van der Waals surface area contributed by atoms with E-state index >= 15 is 0 Å². The number of rotatable bonds is 0. The highest BCUT2D eigenvalue weighted by Gasteiger charge is 2.05. The van der Waals surface area contributed by atoms with Crippen LogP contribution >= 0.6 is 24.0 Å². The van der Waals surface area contributed by atoms with Crippen molar-refractivity contribution >= 4 is 39.7 Å². The van der Waals surface area contributed by atoms with Gasteiger partial charge in [0.25, 0.3) is 0 Å². The highest BCUT2D eigenvalue weighted by molar-refractivity contribution is 7.80. The minimum Gasteiger partial charge on any atom is -0.398 e. The van der Waals surface area contributed by atoms with Gasteiger partial charge < -0.3 is 5.73 Å². The molecule has 2 nitrogen and oxygen atoms in total. The Bertz CT molecular complexity index is 508. The molecule has 0 aliphatic heterocycles. The quantitative estimate of drug-likeness (QED) is 0.514. The average Bonchev–Trinajstić information content (AvgIpc) is 2.48. The summed E-state index contributed by atoms with van der Waals surface area (Å²) in [5, 5.41) is 11.5. The second-order valence-electron chi connectivity index (χ2n) is 2.67. The van der Waals surface area contributed by atoms with Crippen LogP contribution in [-0.4, -0.2) is 0 Å². The van der Waals surface area contributed by atoms with E-state index in [1.54, 1.807) is 6.07 Å². The summed E-state index contributed by atoms with van der Waals surface area (Å²) in [6.45, 7) is 0. The molecule has 1 heterocycles. The van der Waals surface area contributed by atoms with Crippen LogP contribution in [0.25, 0.3) is 10.1 Å². The van der Waals surface area contributed by atoms with Crippen molar-refractivity contribution in [2.75, 3.05) is 5.73 Å². The summed E-state index contributed by atoms with van der Waals surface area (Å²) in [7, 11) is 0. The number of hydrogen-bond acceptors (Lipinski definition) is 4. The molecule has 0 amide bonds. The summed E-state index contributed by atoms with van der Waals surface area (Å²) >= 11 is 5.75. The molecule has 0 saturated heterocycles. The van der Waals surface area contributed by atoms with Crippen LogP contribution in [0.15, 0.2) is 22.4 Å². The zero-order valence-electron chi connectivity index (χ0n) is 6.61. The van der Waals surface area contributed by atoms with Crippen LogP contribution in [-0.2, 0) is 0 Å². The number of nitriles is 1. The van der Waals surface area contributed by atoms with Crippen LogP contribution in [0.2, 0.25) is 0 Å². The molecule has 2 aromatic rings. The highest BCUT2D eigenvalue weighted by Crippen LogP contribution is 2.31. The van der Waals surface area contributed by atoms with Crippen LogP contribution in [0, 0.1) is 11.3 Å². The third-order valence-electron chi connectivity index (χ3n) is 1.84. The van der Waals surface area contributed by atoms with Crippen molar-refractivity contribution in [1.82, 2.24) is 0 Å². The molecule has 64 valence electrons. The molecule has 0 saturated carbocycles. The van der Waals surface area contributed by atoms with Crippen molar-refractivity contribution in [3.63, 3.8) is 0 Å². The Morgan fingerprint density at radius 2 is 2.23 bits per heavy atom. The smallest absolute Gasteiger partial charge is 0.101 e. The molecule has 1 aromatic heterocycles. The number of fused-ring (bicyclic) bond motifs is 1. The minimum absolute atomic E-state index is 0.616. The van der Waals surface area contributed by atoms with Gasteiger partial charge in [0.15, 0.2) is 0 Å². The molecule has 0 unspecified atom stereocenters. The first-order valence-corrected chi connectivity index (χ1v) is 4.95. The maximum atomic E-state index is 8.78. The molecule has 1 aromatic carbocycles. The first-order valence-electron chi connectivity index (χ1n) is 3.62. The molecule has 13 heavy (non-hydrogen) atoms. The standard InChI is InChI=1S/C9H6N2S2/c10-3-5-4-13-9-2-8(12)7(11)1-6(5)9/h1-2,4,12H,11H2. The summed E-state index contributed by atoms with van der Waals surface area (Å²) < 4.78 is 1.05. The van der Waals surface area contributed by atoms with Gasteiger partial charge in [-0.1, -0.05) is 0 Å². The number of nitrogen functional groups attached to an aromatic ring is 1. The number of thiol groups is 1. The number of hydrogen-bond donors (Lipinski definition) is 2. The molecule has 2 rings (SSSR count). The number of nitrogens with zero attached hydrogens (tertiary/aromatic N) is 1. The zero-order valence-corrected chi connectivity index (χ0v) is 8.32. The molecule has 4 heteroatoms. The first-order chi connectivity index (χ1) is 6.22. The van der Waals surface area contributed by atoms with Gasteiger partial charge in [-0.15, -0.1) is 24.0 Å². The number of thiophene rings is 1. The normalized spacial score (nSPS) is 10.2. The van der Waals surface area contributed by atoms with E-state index in [4.69, 9.17) is 11.0 Å². The van der Waals surface area contributed by atoms with E-state index in [1.807, 2.05) is 11.4 Å². The van der Waals surface area contributed by atoms with Gasteiger partial charge in [-0.2, -0.15) is 5.26 Å². The van der Waals surface area contributed by atoms with Crippen molar-refractivity contribution in [3.8, 4) is 6.07 Å². The minimum atomic E-state index is 0.616. The molecule has 0 radical (unpaired) electrons. The van der Waals surface area contributed by atoms with E-state index in [1.165, 1.54) is 11.3 Å². The monoisotopic (exact) mass is 206 g/mol. The van der Waals surface area contributed by atoms with Crippen molar-refractivity contribution in [3.05, 3.63) is 23.1 Å². The fourth-order valence-electron chi connectivity index (χ4n) is 1.17. The lowest BCUT2D eigenvalue weighted by atomic mass is 10.2. The Kier molecular flexibility index (Phi) is 1.91. The Morgan fingerprint density at radius 3 is 2.92 bits per heavy atom. The van der Waals surface area contributed by atoms with Gasteiger partial charge in [0, 0.05) is 26.0 Å². The Morgan fingerprint density at radius 1 is 1.46 bits per heavy atom. The van der Waals surface area contributed by atoms with Gasteiger partial charge in [-0.3, -0.25) is 0 Å². The number of benzene rings is 1. The predicted octanol–water partition coefficient (Wildman–Crippen LogP) is 2.64. The van der Waals surface area contributed by atoms with Gasteiger partial charge >= 0.3 is 0 Å². The van der Waals surface area contributed by atoms with Crippen molar-refractivity contribution in [2.24, 2.45) is 0 Å². The summed E-state index contributed by atoms with van der Waals surface area (Å²) in [5.41, 5.74) is 6.98. The molecule has 2 N–H and O–H groups in total. The molecular formula is C9H6N2S2. The Balaban J connectivity index is 2.86. The summed E-state index contributed by atoms with van der Waals surface area (Å²) in [4.78, 5) is 0.763. The third kappa shape index (κ3) is 1.26. The van der Waals surface area contributed by atoms with Crippen molar-refractivity contribution in [1.29, 1.82) is 5.26 Å². The number of anilines is 1.